The van der Waals surface area contributed by atoms with Gasteiger partial charge in [0.2, 0.25) is 5.91 Å². The minimum atomic E-state index is -0.405. The summed E-state index contributed by atoms with van der Waals surface area (Å²) >= 11 is 1.69. The fourth-order valence-corrected chi connectivity index (χ4v) is 3.96. The number of Topliss-reactive ketones (excluding diaryl/α,β-unsaturated/α-hetero) is 1. The first kappa shape index (κ1) is 22.2. The number of carbonyl (C=O) groups excluding carboxylic acids is 3. The zero-order valence-corrected chi connectivity index (χ0v) is 16.9. The molecule has 1 aromatic rings. The van der Waals surface area contributed by atoms with Gasteiger partial charge in [-0.15, -0.1) is 0 Å². The van der Waals surface area contributed by atoms with Crippen molar-refractivity contribution in [2.75, 3.05) is 18.1 Å². The molecule has 0 radical (unpaired) electrons. The van der Waals surface area contributed by atoms with Gasteiger partial charge in [-0.05, 0) is 30.6 Å². The summed E-state index contributed by atoms with van der Waals surface area (Å²) in [6, 6.07) is 9.69. The van der Waals surface area contributed by atoms with Crippen LogP contribution < -0.4 is 5.90 Å². The molecule has 152 valence electrons. The third kappa shape index (κ3) is 7.86. The van der Waals surface area contributed by atoms with E-state index in [1.54, 1.807) is 11.8 Å². The third-order valence-electron chi connectivity index (χ3n) is 4.54. The first-order valence-electron chi connectivity index (χ1n) is 9.62. The third-order valence-corrected chi connectivity index (χ3v) is 5.59. The SMILES string of the molecule is NOC(=O)CCCSCCN1C(=O)CCCC1=CCC(=O)Cc1ccccc1. The standard InChI is InChI=1S/C21H28N2O4S/c22-27-21(26)10-5-14-28-15-13-23-18(8-4-9-20(23)25)11-12-19(24)16-17-6-2-1-3-7-17/h1-3,6-7,11H,4-5,8-10,12-16,22H2. The zero-order valence-electron chi connectivity index (χ0n) is 16.1. The normalized spacial score (nSPS) is 15.7. The minimum Gasteiger partial charge on any atom is -0.373 e. The van der Waals surface area contributed by atoms with Crippen LogP contribution in [0.5, 0.6) is 0 Å². The topological polar surface area (TPSA) is 89.7 Å². The molecule has 6 nitrogen and oxygen atoms in total. The molecule has 0 spiro atoms. The number of amides is 1. The average Bonchev–Trinajstić information content (AvgIpc) is 2.70. The number of likely N-dealkylation sites (tertiary alicyclic amines) is 1. The van der Waals surface area contributed by atoms with E-state index in [4.69, 9.17) is 5.90 Å². The Hall–Kier alpha value is -2.12. The van der Waals surface area contributed by atoms with E-state index in [1.807, 2.05) is 41.3 Å². The van der Waals surface area contributed by atoms with E-state index in [9.17, 15) is 14.4 Å². The van der Waals surface area contributed by atoms with E-state index >= 15 is 0 Å². The lowest BCUT2D eigenvalue weighted by atomic mass is 10.0. The Morgan fingerprint density at radius 1 is 1.18 bits per heavy atom. The predicted octanol–water partition coefficient (Wildman–Crippen LogP) is 3.02. The lowest BCUT2D eigenvalue weighted by Crippen LogP contribution is -2.35. The summed E-state index contributed by atoms with van der Waals surface area (Å²) in [6.07, 6.45) is 5.92. The molecule has 2 N–H and O–H groups in total. The van der Waals surface area contributed by atoms with Gasteiger partial charge in [0.1, 0.15) is 5.78 Å². The highest BCUT2D eigenvalue weighted by Gasteiger charge is 2.22. The van der Waals surface area contributed by atoms with E-state index in [-0.39, 0.29) is 11.7 Å². The van der Waals surface area contributed by atoms with Crippen molar-refractivity contribution in [1.82, 2.24) is 4.90 Å². The molecule has 0 unspecified atom stereocenters. The Bertz CT molecular complexity index is 691. The molecular formula is C21H28N2O4S. The fourth-order valence-electron chi connectivity index (χ4n) is 3.09. The molecule has 7 heteroatoms. The molecule has 1 aromatic carbocycles. The van der Waals surface area contributed by atoms with E-state index < -0.39 is 5.97 Å². The molecule has 0 aliphatic carbocycles. The monoisotopic (exact) mass is 404 g/mol. The minimum absolute atomic E-state index is 0.125. The van der Waals surface area contributed by atoms with Crippen molar-refractivity contribution in [3.63, 3.8) is 0 Å². The molecule has 1 fully saturated rings. The largest absolute Gasteiger partial charge is 0.373 e. The zero-order chi connectivity index (χ0) is 20.2. The quantitative estimate of drug-likeness (QED) is 0.450. The van der Waals surface area contributed by atoms with Crippen LogP contribution in [0.3, 0.4) is 0 Å². The molecule has 2 rings (SSSR count). The van der Waals surface area contributed by atoms with Gasteiger partial charge in [-0.1, -0.05) is 36.4 Å². The molecule has 1 heterocycles. The number of benzene rings is 1. The maximum atomic E-state index is 12.3. The van der Waals surface area contributed by atoms with Crippen molar-refractivity contribution in [2.45, 2.75) is 44.9 Å². The molecule has 1 aliphatic heterocycles. The van der Waals surface area contributed by atoms with Crippen molar-refractivity contribution >= 4 is 29.4 Å². The van der Waals surface area contributed by atoms with Crippen LogP contribution in [-0.4, -0.2) is 40.6 Å². The summed E-state index contributed by atoms with van der Waals surface area (Å²) in [7, 11) is 0. The predicted molar refractivity (Wildman–Crippen MR) is 110 cm³/mol. The lowest BCUT2D eigenvalue weighted by Gasteiger charge is -2.30. The summed E-state index contributed by atoms with van der Waals surface area (Å²) in [4.78, 5) is 41.5. The number of hydrogen-bond acceptors (Lipinski definition) is 6. The molecule has 28 heavy (non-hydrogen) atoms. The number of allylic oxidation sites excluding steroid dienone is 2. The Morgan fingerprint density at radius 3 is 2.71 bits per heavy atom. The number of rotatable bonds is 11. The molecular weight excluding hydrogens is 376 g/mol. The summed E-state index contributed by atoms with van der Waals surface area (Å²) in [5.41, 5.74) is 1.97. The average molecular weight is 405 g/mol. The van der Waals surface area contributed by atoms with Gasteiger partial charge in [-0.3, -0.25) is 14.4 Å². The van der Waals surface area contributed by atoms with Gasteiger partial charge in [-0.25, -0.2) is 0 Å². The molecule has 1 aliphatic rings. The van der Waals surface area contributed by atoms with Crippen LogP contribution >= 0.6 is 11.8 Å². The van der Waals surface area contributed by atoms with E-state index in [0.717, 1.165) is 35.6 Å². The highest BCUT2D eigenvalue weighted by Crippen LogP contribution is 2.23. The Labute approximate surface area is 170 Å². The molecule has 0 bridgehead atoms. The molecule has 1 amide bonds. The van der Waals surface area contributed by atoms with Crippen LogP contribution in [0.2, 0.25) is 0 Å². The molecule has 1 saturated heterocycles. The van der Waals surface area contributed by atoms with Crippen molar-refractivity contribution in [1.29, 1.82) is 0 Å². The van der Waals surface area contributed by atoms with Crippen LogP contribution in [0.15, 0.2) is 42.1 Å². The Balaban J connectivity index is 1.78. The first-order valence-corrected chi connectivity index (χ1v) is 10.8. The molecule has 0 saturated carbocycles. The van der Waals surface area contributed by atoms with Crippen molar-refractivity contribution in [3.8, 4) is 0 Å². The van der Waals surface area contributed by atoms with Crippen LogP contribution in [0, 0.1) is 0 Å². The summed E-state index contributed by atoms with van der Waals surface area (Å²) in [5, 5.41) is 0. The number of hydrogen-bond donors (Lipinski definition) is 1. The van der Waals surface area contributed by atoms with Crippen molar-refractivity contribution < 1.29 is 19.2 Å². The number of piperidine rings is 1. The summed E-state index contributed by atoms with van der Waals surface area (Å²) < 4.78 is 0. The Kier molecular flexibility index (Phi) is 9.79. The van der Waals surface area contributed by atoms with E-state index in [0.29, 0.717) is 38.6 Å². The van der Waals surface area contributed by atoms with Crippen molar-refractivity contribution in [3.05, 3.63) is 47.7 Å². The van der Waals surface area contributed by atoms with Gasteiger partial charge in [0.15, 0.2) is 0 Å². The molecule has 0 atom stereocenters. The maximum Gasteiger partial charge on any atom is 0.324 e. The van der Waals surface area contributed by atoms with Gasteiger partial charge in [-0.2, -0.15) is 17.7 Å². The smallest absolute Gasteiger partial charge is 0.324 e. The molecule has 0 aromatic heterocycles. The number of nitrogens with zero attached hydrogens (tertiary/aromatic N) is 1. The number of ketones is 1. The highest BCUT2D eigenvalue weighted by molar-refractivity contribution is 7.99. The van der Waals surface area contributed by atoms with Crippen LogP contribution in [0.4, 0.5) is 0 Å². The highest BCUT2D eigenvalue weighted by atomic mass is 32.2. The van der Waals surface area contributed by atoms with Crippen LogP contribution in [-0.2, 0) is 25.6 Å². The second kappa shape index (κ2) is 12.4. The second-order valence-electron chi connectivity index (χ2n) is 6.71. The van der Waals surface area contributed by atoms with Gasteiger partial charge in [0.25, 0.3) is 0 Å². The first-order chi connectivity index (χ1) is 13.6. The van der Waals surface area contributed by atoms with Crippen LogP contribution in [0.1, 0.15) is 44.1 Å². The second-order valence-corrected chi connectivity index (χ2v) is 7.93. The van der Waals surface area contributed by atoms with Gasteiger partial charge >= 0.3 is 5.97 Å². The van der Waals surface area contributed by atoms with Crippen LogP contribution in [0.25, 0.3) is 0 Å². The summed E-state index contributed by atoms with van der Waals surface area (Å²) in [5.74, 6) is 6.28. The number of thioether (sulfide) groups is 1. The summed E-state index contributed by atoms with van der Waals surface area (Å²) in [6.45, 7) is 0.629. The van der Waals surface area contributed by atoms with E-state index in [2.05, 4.69) is 4.84 Å². The van der Waals surface area contributed by atoms with Gasteiger partial charge < -0.3 is 9.74 Å². The van der Waals surface area contributed by atoms with Gasteiger partial charge in [0.05, 0.1) is 0 Å². The Morgan fingerprint density at radius 2 is 1.96 bits per heavy atom. The number of carbonyl (C=O) groups is 3. The lowest BCUT2D eigenvalue weighted by molar-refractivity contribution is -0.144. The van der Waals surface area contributed by atoms with Crippen molar-refractivity contribution in [2.24, 2.45) is 5.90 Å². The number of nitrogens with two attached hydrogens (primary N) is 1. The van der Waals surface area contributed by atoms with Gasteiger partial charge in [0, 0.05) is 43.7 Å². The fraction of sp³-hybridized carbons (Fsp3) is 0.476. The van der Waals surface area contributed by atoms with E-state index in [1.165, 1.54) is 0 Å². The maximum absolute atomic E-state index is 12.3.